The van der Waals surface area contributed by atoms with Crippen LogP contribution < -0.4 is 0 Å². The van der Waals surface area contributed by atoms with E-state index in [4.69, 9.17) is 9.26 Å². The number of aryl methyl sites for hydroxylation is 1. The van der Waals surface area contributed by atoms with Gasteiger partial charge in [-0.05, 0) is 31.2 Å². The molecule has 2 atom stereocenters. The molecule has 1 amide bonds. The van der Waals surface area contributed by atoms with E-state index in [1.165, 1.54) is 0 Å². The number of nitrogens with zero attached hydrogens (tertiary/aromatic N) is 2. The highest BCUT2D eigenvalue weighted by Crippen LogP contribution is 2.31. The number of hydrogen-bond acceptors (Lipinski definition) is 5. The number of amides is 1. The summed E-state index contributed by atoms with van der Waals surface area (Å²) in [6.45, 7) is 6.54. The van der Waals surface area contributed by atoms with Gasteiger partial charge in [0, 0.05) is 12.6 Å². The number of carbonyl (C=O) groups excluding carboxylic acids is 2. The smallest absolute Gasteiger partial charge is 0.329 e. The van der Waals surface area contributed by atoms with Crippen LogP contribution in [0, 0.1) is 12.8 Å². The van der Waals surface area contributed by atoms with Crippen LogP contribution in [0.3, 0.4) is 0 Å². The highest BCUT2D eigenvalue weighted by atomic mass is 16.5. The first-order chi connectivity index (χ1) is 13.0. The van der Waals surface area contributed by atoms with Crippen LogP contribution in [0.1, 0.15) is 49.6 Å². The van der Waals surface area contributed by atoms with E-state index >= 15 is 0 Å². The predicted octanol–water partition coefficient (Wildman–Crippen LogP) is 3.46. The first-order valence-electron chi connectivity index (χ1n) is 9.41. The molecule has 6 heteroatoms. The van der Waals surface area contributed by atoms with E-state index in [9.17, 15) is 9.59 Å². The Morgan fingerprint density at radius 3 is 2.67 bits per heavy atom. The summed E-state index contributed by atoms with van der Waals surface area (Å²) < 4.78 is 10.8. The Hall–Kier alpha value is -2.63. The van der Waals surface area contributed by atoms with Crippen molar-refractivity contribution in [1.82, 2.24) is 10.1 Å². The monoisotopic (exact) mass is 370 g/mol. The summed E-state index contributed by atoms with van der Waals surface area (Å²) in [5.41, 5.74) is 1.67. The van der Waals surface area contributed by atoms with Gasteiger partial charge >= 0.3 is 5.97 Å². The van der Waals surface area contributed by atoms with Crippen molar-refractivity contribution in [2.75, 3.05) is 6.54 Å². The fourth-order valence-electron chi connectivity index (χ4n) is 3.54. The average molecular weight is 370 g/mol. The van der Waals surface area contributed by atoms with Crippen molar-refractivity contribution in [2.24, 2.45) is 5.92 Å². The van der Waals surface area contributed by atoms with Gasteiger partial charge in [0.1, 0.15) is 24.3 Å². The summed E-state index contributed by atoms with van der Waals surface area (Å²) >= 11 is 0. The molecule has 0 radical (unpaired) electrons. The van der Waals surface area contributed by atoms with Crippen molar-refractivity contribution < 1.29 is 18.8 Å². The van der Waals surface area contributed by atoms with Crippen molar-refractivity contribution in [3.8, 4) is 0 Å². The van der Waals surface area contributed by atoms with E-state index in [2.05, 4.69) is 5.16 Å². The molecule has 1 aromatic carbocycles. The zero-order valence-electron chi connectivity index (χ0n) is 16.1. The van der Waals surface area contributed by atoms with Crippen LogP contribution in [0.25, 0.3) is 0 Å². The van der Waals surface area contributed by atoms with Gasteiger partial charge in [0.05, 0.1) is 5.69 Å². The molecule has 0 bridgehead atoms. The summed E-state index contributed by atoms with van der Waals surface area (Å²) in [4.78, 5) is 27.5. The Morgan fingerprint density at radius 1 is 1.30 bits per heavy atom. The van der Waals surface area contributed by atoms with E-state index in [0.717, 1.165) is 17.7 Å². The first kappa shape index (κ1) is 19.1. The first-order valence-corrected chi connectivity index (χ1v) is 9.41. The van der Waals surface area contributed by atoms with Gasteiger partial charge in [0.15, 0.2) is 0 Å². The minimum absolute atomic E-state index is 0.0337. The summed E-state index contributed by atoms with van der Waals surface area (Å²) in [6, 6.07) is 10.8. The van der Waals surface area contributed by atoms with Crippen LogP contribution in [0.15, 0.2) is 40.9 Å². The third kappa shape index (κ3) is 4.38. The molecule has 1 saturated heterocycles. The Bertz CT molecular complexity index is 784. The number of aromatic nitrogens is 1. The lowest BCUT2D eigenvalue weighted by Crippen LogP contribution is -2.44. The summed E-state index contributed by atoms with van der Waals surface area (Å²) in [5, 5.41) is 3.91. The molecular weight excluding hydrogens is 344 g/mol. The van der Waals surface area contributed by atoms with Gasteiger partial charge in [-0.3, -0.25) is 4.79 Å². The van der Waals surface area contributed by atoms with Gasteiger partial charge in [0.25, 0.3) is 0 Å². The fraction of sp³-hybridized carbons (Fsp3) is 0.476. The molecule has 6 nitrogen and oxygen atoms in total. The lowest BCUT2D eigenvalue weighted by Gasteiger charge is -2.28. The van der Waals surface area contributed by atoms with Gasteiger partial charge in [-0.15, -0.1) is 0 Å². The number of esters is 1. The largest absolute Gasteiger partial charge is 0.459 e. The molecule has 0 aliphatic carbocycles. The third-order valence-electron chi connectivity index (χ3n) is 4.92. The van der Waals surface area contributed by atoms with Crippen molar-refractivity contribution in [3.63, 3.8) is 0 Å². The molecule has 2 unspecified atom stereocenters. The Kier molecular flexibility index (Phi) is 5.94. The quantitative estimate of drug-likeness (QED) is 0.728. The third-order valence-corrected chi connectivity index (χ3v) is 4.92. The highest BCUT2D eigenvalue weighted by molar-refractivity contribution is 5.89. The maximum absolute atomic E-state index is 13.2. The molecule has 2 heterocycles. The van der Waals surface area contributed by atoms with Crippen LogP contribution in [-0.4, -0.2) is 34.5 Å². The zero-order chi connectivity index (χ0) is 19.4. The normalized spacial score (nSPS) is 17.9. The molecule has 1 aliphatic rings. The molecule has 2 aromatic rings. The van der Waals surface area contributed by atoms with Gasteiger partial charge in [-0.25, -0.2) is 4.79 Å². The summed E-state index contributed by atoms with van der Waals surface area (Å²) in [7, 11) is 0. The van der Waals surface area contributed by atoms with E-state index in [1.54, 1.807) is 11.0 Å². The van der Waals surface area contributed by atoms with Crippen molar-refractivity contribution in [1.29, 1.82) is 0 Å². The van der Waals surface area contributed by atoms with Crippen molar-refractivity contribution in [3.05, 3.63) is 53.4 Å². The molecule has 144 valence electrons. The van der Waals surface area contributed by atoms with Crippen molar-refractivity contribution >= 4 is 11.9 Å². The maximum Gasteiger partial charge on any atom is 0.329 e. The summed E-state index contributed by atoms with van der Waals surface area (Å²) in [5.74, 6) is -0.308. The lowest BCUT2D eigenvalue weighted by atomic mass is 9.91. The number of rotatable bonds is 6. The van der Waals surface area contributed by atoms with Gasteiger partial charge < -0.3 is 14.2 Å². The van der Waals surface area contributed by atoms with Gasteiger partial charge in [0.2, 0.25) is 5.91 Å². The Balaban J connectivity index is 1.70. The molecule has 27 heavy (non-hydrogen) atoms. The molecule has 0 N–H and O–H groups in total. The van der Waals surface area contributed by atoms with Gasteiger partial charge in [-0.2, -0.15) is 0 Å². The zero-order valence-corrected chi connectivity index (χ0v) is 16.1. The van der Waals surface area contributed by atoms with E-state index in [1.807, 2.05) is 51.1 Å². The molecule has 1 fully saturated rings. The van der Waals surface area contributed by atoms with Crippen LogP contribution in [-0.2, 0) is 20.9 Å². The van der Waals surface area contributed by atoms with Crippen molar-refractivity contribution in [2.45, 2.75) is 52.2 Å². The van der Waals surface area contributed by atoms with Crippen LogP contribution >= 0.6 is 0 Å². The Morgan fingerprint density at radius 2 is 2.04 bits per heavy atom. The highest BCUT2D eigenvalue weighted by Gasteiger charge is 2.40. The minimum atomic E-state index is -0.536. The van der Waals surface area contributed by atoms with Gasteiger partial charge in [-0.1, -0.05) is 49.3 Å². The van der Waals surface area contributed by atoms with E-state index in [0.29, 0.717) is 18.7 Å². The Labute approximate surface area is 159 Å². The van der Waals surface area contributed by atoms with Crippen LogP contribution in [0.5, 0.6) is 0 Å². The second-order valence-electron chi connectivity index (χ2n) is 7.38. The number of hydrogen-bond donors (Lipinski definition) is 0. The summed E-state index contributed by atoms with van der Waals surface area (Å²) in [6.07, 6.45) is 1.41. The molecule has 0 spiro atoms. The molecule has 0 saturated carbocycles. The predicted molar refractivity (Wildman–Crippen MR) is 99.8 cm³/mol. The average Bonchev–Trinajstić information content (AvgIpc) is 3.29. The molecule has 1 aromatic heterocycles. The topological polar surface area (TPSA) is 72.6 Å². The molecular formula is C21H26N2O4. The van der Waals surface area contributed by atoms with Crippen LogP contribution in [0.2, 0.25) is 0 Å². The molecule has 1 aliphatic heterocycles. The van der Waals surface area contributed by atoms with Crippen LogP contribution in [0.4, 0.5) is 0 Å². The SMILES string of the molecule is Cc1cc(C(C(=O)N2CCCC2C(=O)OCc2ccccc2)C(C)C)on1. The fourth-order valence-corrected chi connectivity index (χ4v) is 3.54. The minimum Gasteiger partial charge on any atom is -0.459 e. The second-order valence-corrected chi connectivity index (χ2v) is 7.38. The second kappa shape index (κ2) is 8.37. The number of benzene rings is 1. The maximum atomic E-state index is 13.2. The number of ether oxygens (including phenoxy) is 1. The van der Waals surface area contributed by atoms with E-state index < -0.39 is 12.0 Å². The number of carbonyl (C=O) groups is 2. The molecule has 3 rings (SSSR count). The lowest BCUT2D eigenvalue weighted by molar-refractivity contribution is -0.155. The standard InChI is InChI=1S/C21H26N2O4/c1-14(2)19(18-12-15(3)22-27-18)20(24)23-11-7-10-17(23)21(25)26-13-16-8-5-4-6-9-16/h4-6,8-9,12,14,17,19H,7,10-11,13H2,1-3H3. The number of likely N-dealkylation sites (tertiary alicyclic amines) is 1. The van der Waals surface area contributed by atoms with E-state index in [-0.39, 0.29) is 24.4 Å².